The van der Waals surface area contributed by atoms with Gasteiger partial charge in [-0.2, -0.15) is 0 Å². The second-order valence-electron chi connectivity index (χ2n) is 6.77. The normalized spacial score (nSPS) is 19.8. The summed E-state index contributed by atoms with van der Waals surface area (Å²) in [6.45, 7) is 5.22. The highest BCUT2D eigenvalue weighted by Gasteiger charge is 2.25. The first-order chi connectivity index (χ1) is 11.5. The van der Waals surface area contributed by atoms with E-state index in [2.05, 4.69) is 10.2 Å². The van der Waals surface area contributed by atoms with Gasteiger partial charge in [-0.3, -0.25) is 14.5 Å². The van der Waals surface area contributed by atoms with Crippen LogP contribution in [0.15, 0.2) is 24.3 Å². The van der Waals surface area contributed by atoms with Crippen LogP contribution in [0.3, 0.4) is 0 Å². The lowest BCUT2D eigenvalue weighted by atomic mass is 10.1. The van der Waals surface area contributed by atoms with Crippen molar-refractivity contribution in [3.8, 4) is 0 Å². The monoisotopic (exact) mass is 331 g/mol. The highest BCUT2D eigenvalue weighted by atomic mass is 16.3. The molecule has 1 aromatic carbocycles. The minimum absolute atomic E-state index is 0.0345. The summed E-state index contributed by atoms with van der Waals surface area (Å²) in [7, 11) is 0. The zero-order valence-electron chi connectivity index (χ0n) is 14.1. The summed E-state index contributed by atoms with van der Waals surface area (Å²) in [5, 5.41) is 12.4. The SMILES string of the molecule is CC(O)CN1CCN(C(=O)c2cccc(C(=O)NC3CC3)c2)CC1. The van der Waals surface area contributed by atoms with Gasteiger partial charge in [0.2, 0.25) is 0 Å². The van der Waals surface area contributed by atoms with Gasteiger partial charge in [-0.25, -0.2) is 0 Å². The molecule has 1 aliphatic carbocycles. The summed E-state index contributed by atoms with van der Waals surface area (Å²) in [4.78, 5) is 28.8. The quantitative estimate of drug-likeness (QED) is 0.834. The van der Waals surface area contributed by atoms with Gasteiger partial charge < -0.3 is 15.3 Å². The first-order valence-electron chi connectivity index (χ1n) is 8.63. The summed E-state index contributed by atoms with van der Waals surface area (Å²) in [5.74, 6) is -0.137. The third-order valence-corrected chi connectivity index (χ3v) is 4.47. The molecule has 24 heavy (non-hydrogen) atoms. The van der Waals surface area contributed by atoms with Crippen molar-refractivity contribution in [3.63, 3.8) is 0 Å². The molecule has 3 rings (SSSR count). The molecule has 0 aromatic heterocycles. The van der Waals surface area contributed by atoms with E-state index in [1.54, 1.807) is 31.2 Å². The van der Waals surface area contributed by atoms with Crippen LogP contribution < -0.4 is 5.32 Å². The smallest absolute Gasteiger partial charge is 0.253 e. The number of carbonyl (C=O) groups excluding carboxylic acids is 2. The van der Waals surface area contributed by atoms with Gasteiger partial charge in [-0.05, 0) is 38.0 Å². The van der Waals surface area contributed by atoms with Gasteiger partial charge in [0.15, 0.2) is 0 Å². The van der Waals surface area contributed by atoms with Gasteiger partial charge >= 0.3 is 0 Å². The van der Waals surface area contributed by atoms with Crippen LogP contribution in [-0.2, 0) is 0 Å². The number of hydrogen-bond donors (Lipinski definition) is 2. The molecule has 0 radical (unpaired) electrons. The number of hydrogen-bond acceptors (Lipinski definition) is 4. The van der Waals surface area contributed by atoms with Crippen molar-refractivity contribution >= 4 is 11.8 Å². The fourth-order valence-corrected chi connectivity index (χ4v) is 2.98. The molecule has 2 aliphatic rings. The van der Waals surface area contributed by atoms with Crippen molar-refractivity contribution in [2.24, 2.45) is 0 Å². The third kappa shape index (κ3) is 4.33. The average Bonchev–Trinajstić information content (AvgIpc) is 3.38. The first-order valence-corrected chi connectivity index (χ1v) is 8.63. The van der Waals surface area contributed by atoms with E-state index in [0.29, 0.717) is 36.8 Å². The zero-order chi connectivity index (χ0) is 17.1. The standard InChI is InChI=1S/C18H25N3O3/c1-13(22)12-20-7-9-21(10-8-20)18(24)15-4-2-3-14(11-15)17(23)19-16-5-6-16/h2-4,11,13,16,22H,5-10,12H2,1H3,(H,19,23). The molecule has 6 heteroatoms. The number of β-amino-alcohol motifs (C(OH)–C–C–N with tert-alkyl or cyclic N) is 1. The predicted molar refractivity (Wildman–Crippen MR) is 91.0 cm³/mol. The number of nitrogens with zero attached hydrogens (tertiary/aromatic N) is 2. The largest absolute Gasteiger partial charge is 0.392 e. The molecule has 6 nitrogen and oxygen atoms in total. The number of rotatable bonds is 5. The van der Waals surface area contributed by atoms with E-state index in [-0.39, 0.29) is 17.9 Å². The van der Waals surface area contributed by atoms with Crippen molar-refractivity contribution in [3.05, 3.63) is 35.4 Å². The van der Waals surface area contributed by atoms with Crippen molar-refractivity contribution in [2.45, 2.75) is 31.9 Å². The van der Waals surface area contributed by atoms with Crippen molar-refractivity contribution < 1.29 is 14.7 Å². The molecule has 1 heterocycles. The van der Waals surface area contributed by atoms with E-state index in [9.17, 15) is 14.7 Å². The fraction of sp³-hybridized carbons (Fsp3) is 0.556. The lowest BCUT2D eigenvalue weighted by Crippen LogP contribution is -2.50. The first kappa shape index (κ1) is 16.9. The van der Waals surface area contributed by atoms with Crippen molar-refractivity contribution in [2.75, 3.05) is 32.7 Å². The summed E-state index contributed by atoms with van der Waals surface area (Å²) in [6.07, 6.45) is 1.73. The van der Waals surface area contributed by atoms with Gasteiger partial charge in [0.1, 0.15) is 0 Å². The summed E-state index contributed by atoms with van der Waals surface area (Å²) >= 11 is 0. The number of carbonyl (C=O) groups is 2. The molecule has 0 spiro atoms. The van der Waals surface area contributed by atoms with Crippen LogP contribution >= 0.6 is 0 Å². The van der Waals surface area contributed by atoms with Crippen LogP contribution in [0.1, 0.15) is 40.5 Å². The highest BCUT2D eigenvalue weighted by Crippen LogP contribution is 2.19. The molecule has 1 saturated heterocycles. The molecule has 2 amide bonds. The van der Waals surface area contributed by atoms with Gasteiger partial charge in [-0.1, -0.05) is 6.07 Å². The van der Waals surface area contributed by atoms with Gasteiger partial charge in [-0.15, -0.1) is 0 Å². The molecular weight excluding hydrogens is 306 g/mol. The third-order valence-electron chi connectivity index (χ3n) is 4.47. The molecule has 2 fully saturated rings. The van der Waals surface area contributed by atoms with E-state index < -0.39 is 0 Å². The number of nitrogens with one attached hydrogen (secondary N) is 1. The van der Waals surface area contributed by atoms with Crippen LogP contribution in [0.5, 0.6) is 0 Å². The molecule has 1 unspecified atom stereocenters. The van der Waals surface area contributed by atoms with E-state index >= 15 is 0 Å². The Hall–Kier alpha value is -1.92. The summed E-state index contributed by atoms with van der Waals surface area (Å²) in [6, 6.07) is 7.26. The Balaban J connectivity index is 1.60. The summed E-state index contributed by atoms with van der Waals surface area (Å²) < 4.78 is 0. The number of benzene rings is 1. The van der Waals surface area contributed by atoms with Gasteiger partial charge in [0.25, 0.3) is 11.8 Å². The topological polar surface area (TPSA) is 72.9 Å². The number of aliphatic hydroxyl groups is 1. The van der Waals surface area contributed by atoms with E-state index in [0.717, 1.165) is 25.9 Å². The maximum absolute atomic E-state index is 12.7. The lowest BCUT2D eigenvalue weighted by Gasteiger charge is -2.35. The maximum atomic E-state index is 12.7. The number of piperazine rings is 1. The Morgan fingerprint density at radius 2 is 1.88 bits per heavy atom. The molecule has 1 saturated carbocycles. The van der Waals surface area contributed by atoms with Crippen molar-refractivity contribution in [1.82, 2.24) is 15.1 Å². The van der Waals surface area contributed by atoms with Gasteiger partial charge in [0, 0.05) is 49.9 Å². The molecule has 0 bridgehead atoms. The second-order valence-corrected chi connectivity index (χ2v) is 6.77. The van der Waals surface area contributed by atoms with Crippen LogP contribution in [0.25, 0.3) is 0 Å². The molecule has 1 aliphatic heterocycles. The van der Waals surface area contributed by atoms with Crippen LogP contribution in [0, 0.1) is 0 Å². The lowest BCUT2D eigenvalue weighted by molar-refractivity contribution is 0.0554. The predicted octanol–water partition coefficient (Wildman–Crippen LogP) is 0.717. The molecule has 1 aromatic rings. The number of amides is 2. The maximum Gasteiger partial charge on any atom is 0.253 e. The van der Waals surface area contributed by atoms with E-state index in [4.69, 9.17) is 0 Å². The number of aliphatic hydroxyl groups excluding tert-OH is 1. The molecule has 1 atom stereocenters. The molecule has 130 valence electrons. The zero-order valence-corrected chi connectivity index (χ0v) is 14.1. The van der Waals surface area contributed by atoms with Gasteiger partial charge in [0.05, 0.1) is 6.10 Å². The van der Waals surface area contributed by atoms with E-state index in [1.165, 1.54) is 0 Å². The fourth-order valence-electron chi connectivity index (χ4n) is 2.98. The Bertz CT molecular complexity index is 605. The van der Waals surface area contributed by atoms with Crippen LogP contribution in [0.2, 0.25) is 0 Å². The Labute approximate surface area is 142 Å². The molecule has 2 N–H and O–H groups in total. The van der Waals surface area contributed by atoms with Crippen LogP contribution in [0.4, 0.5) is 0 Å². The second kappa shape index (κ2) is 7.32. The Kier molecular flexibility index (Phi) is 5.16. The Morgan fingerprint density at radius 1 is 1.21 bits per heavy atom. The average molecular weight is 331 g/mol. The van der Waals surface area contributed by atoms with Crippen molar-refractivity contribution in [1.29, 1.82) is 0 Å². The Morgan fingerprint density at radius 3 is 2.50 bits per heavy atom. The van der Waals surface area contributed by atoms with E-state index in [1.807, 2.05) is 4.90 Å². The molecular formula is C18H25N3O3. The van der Waals surface area contributed by atoms with Crippen LogP contribution in [-0.4, -0.2) is 71.6 Å². The minimum atomic E-state index is -0.353. The highest BCUT2D eigenvalue weighted by molar-refractivity contribution is 5.99. The summed E-state index contributed by atoms with van der Waals surface area (Å²) in [5.41, 5.74) is 1.10. The minimum Gasteiger partial charge on any atom is -0.392 e.